The first-order chi connectivity index (χ1) is 8.72. The van der Waals surface area contributed by atoms with Crippen molar-refractivity contribution in [2.75, 3.05) is 13.1 Å². The van der Waals surface area contributed by atoms with Crippen LogP contribution < -0.4 is 5.73 Å². The fourth-order valence-corrected chi connectivity index (χ4v) is 2.67. The van der Waals surface area contributed by atoms with Gasteiger partial charge in [0.15, 0.2) is 0 Å². The maximum atomic E-state index is 12.5. The van der Waals surface area contributed by atoms with Gasteiger partial charge < -0.3 is 10.6 Å². The van der Waals surface area contributed by atoms with Crippen LogP contribution in [0.15, 0.2) is 24.3 Å². The molecule has 0 aromatic heterocycles. The van der Waals surface area contributed by atoms with Gasteiger partial charge in [0.05, 0.1) is 0 Å². The van der Waals surface area contributed by atoms with Crippen molar-refractivity contribution in [2.45, 2.75) is 38.6 Å². The molecule has 1 saturated carbocycles. The van der Waals surface area contributed by atoms with E-state index in [1.807, 2.05) is 36.1 Å². The van der Waals surface area contributed by atoms with Gasteiger partial charge in [0, 0.05) is 24.7 Å². The fraction of sp³-hybridized carbons (Fsp3) is 0.533. The molecule has 2 N–H and O–H groups in total. The molecule has 1 aliphatic rings. The molecule has 0 bridgehead atoms. The molecule has 1 aromatic rings. The van der Waals surface area contributed by atoms with Crippen LogP contribution in [0.5, 0.6) is 0 Å². The fourth-order valence-electron chi connectivity index (χ4n) is 2.67. The lowest BCUT2D eigenvalue weighted by Gasteiger charge is -2.28. The molecule has 0 saturated heterocycles. The molecule has 1 fully saturated rings. The van der Waals surface area contributed by atoms with Crippen LogP contribution in [0.1, 0.15) is 41.6 Å². The molecular formula is C15H22N2O. The Kier molecular flexibility index (Phi) is 4.37. The molecule has 0 unspecified atom stereocenters. The van der Waals surface area contributed by atoms with Gasteiger partial charge in [-0.15, -0.1) is 0 Å². The van der Waals surface area contributed by atoms with Crippen molar-refractivity contribution in [1.82, 2.24) is 4.90 Å². The van der Waals surface area contributed by atoms with Crippen LogP contribution in [-0.2, 0) is 0 Å². The largest absolute Gasteiger partial charge is 0.334 e. The van der Waals surface area contributed by atoms with Crippen LogP contribution in [0.4, 0.5) is 0 Å². The van der Waals surface area contributed by atoms with E-state index in [1.54, 1.807) is 0 Å². The first kappa shape index (κ1) is 13.1. The summed E-state index contributed by atoms with van der Waals surface area (Å²) in [5.74, 6) is 0.132. The van der Waals surface area contributed by atoms with Crippen LogP contribution in [0.3, 0.4) is 0 Å². The SMILES string of the molecule is Cc1ccc(C(=O)N(CCN)C2CCCC2)cc1. The van der Waals surface area contributed by atoms with E-state index in [4.69, 9.17) is 5.73 Å². The van der Waals surface area contributed by atoms with E-state index in [-0.39, 0.29) is 5.91 Å². The number of nitrogens with two attached hydrogens (primary N) is 1. The summed E-state index contributed by atoms with van der Waals surface area (Å²) in [6.07, 6.45) is 4.70. The highest BCUT2D eigenvalue weighted by molar-refractivity contribution is 5.94. The van der Waals surface area contributed by atoms with Gasteiger partial charge >= 0.3 is 0 Å². The molecule has 98 valence electrons. The highest BCUT2D eigenvalue weighted by Gasteiger charge is 2.26. The van der Waals surface area contributed by atoms with E-state index in [1.165, 1.54) is 18.4 Å². The monoisotopic (exact) mass is 246 g/mol. The van der Waals surface area contributed by atoms with Crippen LogP contribution in [0.25, 0.3) is 0 Å². The second kappa shape index (κ2) is 6.01. The molecule has 0 aliphatic heterocycles. The maximum Gasteiger partial charge on any atom is 0.254 e. The van der Waals surface area contributed by atoms with Gasteiger partial charge in [-0.1, -0.05) is 30.5 Å². The predicted octanol–water partition coefficient (Wildman–Crippen LogP) is 2.34. The predicted molar refractivity (Wildman–Crippen MR) is 73.5 cm³/mol. The average molecular weight is 246 g/mol. The molecule has 0 spiro atoms. The lowest BCUT2D eigenvalue weighted by molar-refractivity contribution is 0.0688. The summed E-state index contributed by atoms with van der Waals surface area (Å²) in [5, 5.41) is 0. The third-order valence-corrected chi connectivity index (χ3v) is 3.69. The summed E-state index contributed by atoms with van der Waals surface area (Å²) in [7, 11) is 0. The van der Waals surface area contributed by atoms with Gasteiger partial charge in [-0.05, 0) is 31.9 Å². The molecule has 0 atom stereocenters. The Hall–Kier alpha value is -1.35. The van der Waals surface area contributed by atoms with E-state index < -0.39 is 0 Å². The van der Waals surface area contributed by atoms with E-state index in [0.29, 0.717) is 19.1 Å². The van der Waals surface area contributed by atoms with Crippen molar-refractivity contribution in [3.8, 4) is 0 Å². The van der Waals surface area contributed by atoms with Gasteiger partial charge in [-0.25, -0.2) is 0 Å². The van der Waals surface area contributed by atoms with Gasteiger partial charge in [0.1, 0.15) is 0 Å². The molecule has 1 aliphatic carbocycles. The molecule has 3 nitrogen and oxygen atoms in total. The van der Waals surface area contributed by atoms with Crippen molar-refractivity contribution in [3.63, 3.8) is 0 Å². The Morgan fingerprint density at radius 1 is 1.28 bits per heavy atom. The first-order valence-corrected chi connectivity index (χ1v) is 6.80. The highest BCUT2D eigenvalue weighted by Crippen LogP contribution is 2.24. The van der Waals surface area contributed by atoms with Crippen LogP contribution >= 0.6 is 0 Å². The highest BCUT2D eigenvalue weighted by atomic mass is 16.2. The second-order valence-electron chi connectivity index (χ2n) is 5.09. The van der Waals surface area contributed by atoms with Crippen molar-refractivity contribution in [2.24, 2.45) is 5.73 Å². The summed E-state index contributed by atoms with van der Waals surface area (Å²) in [6, 6.07) is 8.19. The Morgan fingerprint density at radius 2 is 1.89 bits per heavy atom. The number of carbonyl (C=O) groups excluding carboxylic acids is 1. The third-order valence-electron chi connectivity index (χ3n) is 3.69. The van der Waals surface area contributed by atoms with Crippen LogP contribution in [0.2, 0.25) is 0 Å². The van der Waals surface area contributed by atoms with Crippen LogP contribution in [-0.4, -0.2) is 29.9 Å². The molecule has 0 radical (unpaired) electrons. The van der Waals surface area contributed by atoms with Gasteiger partial charge in [-0.2, -0.15) is 0 Å². The molecule has 1 aromatic carbocycles. The minimum Gasteiger partial charge on any atom is -0.334 e. The zero-order valence-electron chi connectivity index (χ0n) is 11.1. The zero-order valence-corrected chi connectivity index (χ0v) is 11.1. The number of carbonyl (C=O) groups is 1. The quantitative estimate of drug-likeness (QED) is 0.886. The molecule has 0 heterocycles. The van der Waals surface area contributed by atoms with Crippen LogP contribution in [0, 0.1) is 6.92 Å². The number of rotatable bonds is 4. The topological polar surface area (TPSA) is 46.3 Å². The number of hydrogen-bond acceptors (Lipinski definition) is 2. The van der Waals surface area contributed by atoms with E-state index in [0.717, 1.165) is 18.4 Å². The Labute approximate surface area is 109 Å². The molecule has 3 heteroatoms. The minimum absolute atomic E-state index is 0.132. The lowest BCUT2D eigenvalue weighted by atomic mass is 10.1. The van der Waals surface area contributed by atoms with E-state index in [9.17, 15) is 4.79 Å². The van der Waals surface area contributed by atoms with Gasteiger partial charge in [-0.3, -0.25) is 4.79 Å². The van der Waals surface area contributed by atoms with Crippen molar-refractivity contribution >= 4 is 5.91 Å². The number of nitrogens with zero attached hydrogens (tertiary/aromatic N) is 1. The Bertz CT molecular complexity index is 393. The number of amides is 1. The smallest absolute Gasteiger partial charge is 0.254 e. The first-order valence-electron chi connectivity index (χ1n) is 6.80. The number of benzene rings is 1. The summed E-state index contributed by atoms with van der Waals surface area (Å²) in [6.45, 7) is 3.23. The van der Waals surface area contributed by atoms with E-state index in [2.05, 4.69) is 0 Å². The molecule has 2 rings (SSSR count). The van der Waals surface area contributed by atoms with Gasteiger partial charge in [0.25, 0.3) is 5.91 Å². The Morgan fingerprint density at radius 3 is 2.44 bits per heavy atom. The summed E-state index contributed by atoms with van der Waals surface area (Å²) < 4.78 is 0. The van der Waals surface area contributed by atoms with E-state index >= 15 is 0 Å². The molecule has 1 amide bonds. The molecule has 18 heavy (non-hydrogen) atoms. The standard InChI is InChI=1S/C15H22N2O/c1-12-6-8-13(9-7-12)15(18)17(11-10-16)14-4-2-3-5-14/h6-9,14H,2-5,10-11,16H2,1H3. The van der Waals surface area contributed by atoms with Crippen molar-refractivity contribution in [1.29, 1.82) is 0 Å². The Balaban J connectivity index is 2.14. The van der Waals surface area contributed by atoms with Crippen molar-refractivity contribution < 1.29 is 4.79 Å². The third kappa shape index (κ3) is 2.91. The summed E-state index contributed by atoms with van der Waals surface area (Å²) in [4.78, 5) is 14.5. The maximum absolute atomic E-state index is 12.5. The summed E-state index contributed by atoms with van der Waals surface area (Å²) >= 11 is 0. The second-order valence-corrected chi connectivity index (χ2v) is 5.09. The average Bonchev–Trinajstić information content (AvgIpc) is 2.90. The number of hydrogen-bond donors (Lipinski definition) is 1. The minimum atomic E-state index is 0.132. The number of aryl methyl sites for hydroxylation is 1. The van der Waals surface area contributed by atoms with Gasteiger partial charge in [0.2, 0.25) is 0 Å². The lowest BCUT2D eigenvalue weighted by Crippen LogP contribution is -2.41. The van der Waals surface area contributed by atoms with Crippen molar-refractivity contribution in [3.05, 3.63) is 35.4 Å². The zero-order chi connectivity index (χ0) is 13.0. The summed E-state index contributed by atoms with van der Waals surface area (Å²) in [5.41, 5.74) is 7.60. The molecular weight excluding hydrogens is 224 g/mol. The normalized spacial score (nSPS) is 15.9.